The number of hydrogen-bond acceptors (Lipinski definition) is 2. The Morgan fingerprint density at radius 3 is 3.24 bits per heavy atom. The molecule has 2 aromatic heterocycles. The van der Waals surface area contributed by atoms with E-state index in [9.17, 15) is 0 Å². The molecule has 3 rings (SSSR count). The molecule has 3 heterocycles. The summed E-state index contributed by atoms with van der Waals surface area (Å²) in [6, 6.07) is 3.93. The first-order chi connectivity index (χ1) is 8.34. The maximum Gasteiger partial charge on any atom is 0.117 e. The lowest BCUT2D eigenvalue weighted by molar-refractivity contribution is 0.576. The molecule has 1 atom stereocenters. The standard InChI is InChI=1S/C13H16ClN3/c14-11-4-5-12-8-16-13(17(12)9-11)10-3-1-2-6-15-7-10/h4-5,8-10,15H,1-3,6-7H2. The minimum Gasteiger partial charge on any atom is -0.316 e. The van der Waals surface area contributed by atoms with E-state index in [1.54, 1.807) is 0 Å². The van der Waals surface area contributed by atoms with Crippen molar-refractivity contribution >= 4 is 17.1 Å². The zero-order chi connectivity index (χ0) is 11.7. The molecular formula is C13H16ClN3. The van der Waals surface area contributed by atoms with E-state index in [4.69, 9.17) is 11.6 Å². The SMILES string of the molecule is Clc1ccc2cnc(C3CCCCNC3)n2c1. The van der Waals surface area contributed by atoms with Gasteiger partial charge in [-0.15, -0.1) is 0 Å². The highest BCUT2D eigenvalue weighted by Crippen LogP contribution is 2.24. The predicted molar refractivity (Wildman–Crippen MR) is 69.7 cm³/mol. The molecule has 1 fully saturated rings. The quantitative estimate of drug-likeness (QED) is 0.842. The van der Waals surface area contributed by atoms with Crippen LogP contribution < -0.4 is 5.32 Å². The molecule has 0 amide bonds. The van der Waals surface area contributed by atoms with Crippen molar-refractivity contribution < 1.29 is 0 Å². The molecule has 1 aliphatic heterocycles. The van der Waals surface area contributed by atoms with Gasteiger partial charge in [-0.25, -0.2) is 4.98 Å². The van der Waals surface area contributed by atoms with Crippen LogP contribution in [0.25, 0.3) is 5.52 Å². The van der Waals surface area contributed by atoms with Gasteiger partial charge in [0.1, 0.15) is 5.82 Å². The number of hydrogen-bond donors (Lipinski definition) is 1. The van der Waals surface area contributed by atoms with E-state index in [1.807, 2.05) is 24.5 Å². The minimum atomic E-state index is 0.499. The fourth-order valence-electron chi connectivity index (χ4n) is 2.53. The number of aromatic nitrogens is 2. The molecule has 1 saturated heterocycles. The van der Waals surface area contributed by atoms with Gasteiger partial charge < -0.3 is 9.72 Å². The zero-order valence-electron chi connectivity index (χ0n) is 9.69. The summed E-state index contributed by atoms with van der Waals surface area (Å²) < 4.78 is 2.12. The molecule has 0 spiro atoms. The summed E-state index contributed by atoms with van der Waals surface area (Å²) in [5.41, 5.74) is 1.12. The first-order valence-corrected chi connectivity index (χ1v) is 6.55. The smallest absolute Gasteiger partial charge is 0.117 e. The third-order valence-corrected chi connectivity index (χ3v) is 3.66. The molecule has 0 radical (unpaired) electrons. The Bertz CT molecular complexity index is 512. The van der Waals surface area contributed by atoms with Gasteiger partial charge >= 0.3 is 0 Å². The van der Waals surface area contributed by atoms with Crippen LogP contribution >= 0.6 is 11.6 Å². The number of fused-ring (bicyclic) bond motifs is 1. The molecule has 4 heteroatoms. The Balaban J connectivity index is 2.00. The van der Waals surface area contributed by atoms with Crippen LogP contribution in [-0.4, -0.2) is 22.5 Å². The lowest BCUT2D eigenvalue weighted by atomic mass is 10.0. The van der Waals surface area contributed by atoms with E-state index in [1.165, 1.54) is 19.3 Å². The molecule has 0 aromatic carbocycles. The highest BCUT2D eigenvalue weighted by molar-refractivity contribution is 6.30. The number of imidazole rings is 1. The fraction of sp³-hybridized carbons (Fsp3) is 0.462. The van der Waals surface area contributed by atoms with E-state index in [2.05, 4.69) is 14.7 Å². The summed E-state index contributed by atoms with van der Waals surface area (Å²) in [4.78, 5) is 4.57. The van der Waals surface area contributed by atoms with Gasteiger partial charge in [-0.05, 0) is 31.5 Å². The number of nitrogens with zero attached hydrogens (tertiary/aromatic N) is 2. The summed E-state index contributed by atoms with van der Waals surface area (Å²) in [5.74, 6) is 1.63. The van der Waals surface area contributed by atoms with Gasteiger partial charge in [-0.3, -0.25) is 0 Å². The van der Waals surface area contributed by atoms with Crippen LogP contribution in [0.4, 0.5) is 0 Å². The second-order valence-corrected chi connectivity index (χ2v) is 5.09. The molecule has 1 unspecified atom stereocenters. The van der Waals surface area contributed by atoms with Gasteiger partial charge in [-0.2, -0.15) is 0 Å². The maximum absolute atomic E-state index is 6.05. The van der Waals surface area contributed by atoms with E-state index < -0.39 is 0 Å². The Morgan fingerprint density at radius 1 is 1.35 bits per heavy atom. The van der Waals surface area contributed by atoms with Crippen LogP contribution in [-0.2, 0) is 0 Å². The third kappa shape index (κ3) is 2.17. The average Bonchev–Trinajstić information content (AvgIpc) is 2.58. The number of nitrogens with one attached hydrogen (secondary N) is 1. The second-order valence-electron chi connectivity index (χ2n) is 4.66. The van der Waals surface area contributed by atoms with E-state index in [0.29, 0.717) is 5.92 Å². The molecule has 3 nitrogen and oxygen atoms in total. The Kier molecular flexibility index (Phi) is 3.04. The van der Waals surface area contributed by atoms with Crippen molar-refractivity contribution in [2.45, 2.75) is 25.2 Å². The van der Waals surface area contributed by atoms with Crippen LogP contribution in [0.15, 0.2) is 24.5 Å². The first-order valence-electron chi connectivity index (χ1n) is 6.18. The average molecular weight is 250 g/mol. The van der Waals surface area contributed by atoms with Crippen molar-refractivity contribution in [3.05, 3.63) is 35.4 Å². The number of halogens is 1. The Morgan fingerprint density at radius 2 is 2.29 bits per heavy atom. The zero-order valence-corrected chi connectivity index (χ0v) is 10.5. The summed E-state index contributed by atoms with van der Waals surface area (Å²) in [6.45, 7) is 2.15. The highest BCUT2D eigenvalue weighted by atomic mass is 35.5. The van der Waals surface area contributed by atoms with Gasteiger partial charge in [-0.1, -0.05) is 18.0 Å². The lowest BCUT2D eigenvalue weighted by Gasteiger charge is -2.13. The molecule has 0 bridgehead atoms. The maximum atomic E-state index is 6.05. The summed E-state index contributed by atoms with van der Waals surface area (Å²) in [6.07, 6.45) is 7.63. The molecule has 0 aliphatic carbocycles. The van der Waals surface area contributed by atoms with Crippen LogP contribution in [0, 0.1) is 0 Å². The van der Waals surface area contributed by atoms with E-state index in [-0.39, 0.29) is 0 Å². The van der Waals surface area contributed by atoms with Crippen molar-refractivity contribution in [1.82, 2.24) is 14.7 Å². The molecule has 90 valence electrons. The van der Waals surface area contributed by atoms with Crippen LogP contribution in [0.1, 0.15) is 31.0 Å². The molecule has 17 heavy (non-hydrogen) atoms. The predicted octanol–water partition coefficient (Wildman–Crippen LogP) is 2.84. The normalized spacial score (nSPS) is 21.6. The topological polar surface area (TPSA) is 29.3 Å². The monoisotopic (exact) mass is 249 g/mol. The van der Waals surface area contributed by atoms with Gasteiger partial charge in [0.15, 0.2) is 0 Å². The Labute approximate surface area is 106 Å². The third-order valence-electron chi connectivity index (χ3n) is 3.43. The molecular weight excluding hydrogens is 234 g/mol. The lowest BCUT2D eigenvalue weighted by Crippen LogP contribution is -2.20. The second kappa shape index (κ2) is 4.67. The fourth-order valence-corrected chi connectivity index (χ4v) is 2.69. The van der Waals surface area contributed by atoms with Crippen LogP contribution in [0.2, 0.25) is 5.02 Å². The van der Waals surface area contributed by atoms with Crippen molar-refractivity contribution in [3.8, 4) is 0 Å². The largest absolute Gasteiger partial charge is 0.316 e. The number of pyridine rings is 1. The number of rotatable bonds is 1. The van der Waals surface area contributed by atoms with Crippen molar-refractivity contribution in [2.75, 3.05) is 13.1 Å². The Hall–Kier alpha value is -1.06. The molecule has 0 saturated carbocycles. The first kappa shape index (κ1) is 11.1. The highest BCUT2D eigenvalue weighted by Gasteiger charge is 2.18. The van der Waals surface area contributed by atoms with Gasteiger partial charge in [0.25, 0.3) is 0 Å². The summed E-state index contributed by atoms with van der Waals surface area (Å²) in [5, 5.41) is 4.24. The van der Waals surface area contributed by atoms with Crippen molar-refractivity contribution in [1.29, 1.82) is 0 Å². The van der Waals surface area contributed by atoms with Crippen molar-refractivity contribution in [2.24, 2.45) is 0 Å². The van der Waals surface area contributed by atoms with E-state index >= 15 is 0 Å². The van der Waals surface area contributed by atoms with Gasteiger partial charge in [0, 0.05) is 18.7 Å². The minimum absolute atomic E-state index is 0.499. The molecule has 2 aromatic rings. The summed E-state index contributed by atoms with van der Waals surface area (Å²) in [7, 11) is 0. The van der Waals surface area contributed by atoms with E-state index in [0.717, 1.165) is 29.5 Å². The van der Waals surface area contributed by atoms with Crippen LogP contribution in [0.5, 0.6) is 0 Å². The summed E-state index contributed by atoms with van der Waals surface area (Å²) >= 11 is 6.05. The van der Waals surface area contributed by atoms with Gasteiger partial charge in [0.05, 0.1) is 16.7 Å². The van der Waals surface area contributed by atoms with Crippen molar-refractivity contribution in [3.63, 3.8) is 0 Å². The molecule has 1 N–H and O–H groups in total. The molecule has 1 aliphatic rings. The van der Waals surface area contributed by atoms with Gasteiger partial charge in [0.2, 0.25) is 0 Å². The van der Waals surface area contributed by atoms with Crippen LogP contribution in [0.3, 0.4) is 0 Å².